The molecule has 0 spiro atoms. The Hall–Kier alpha value is -2.37. The summed E-state index contributed by atoms with van der Waals surface area (Å²) in [5.74, 6) is -0.662. The molecule has 1 heterocycles. The highest BCUT2D eigenvalue weighted by Crippen LogP contribution is 2.15. The van der Waals surface area contributed by atoms with E-state index in [2.05, 4.69) is 15.3 Å². The highest BCUT2D eigenvalue weighted by atomic mass is 19.1. The SMILES string of the molecule is COc1ccc(C(=O)NCCc2cnc[nH]2)c(F)c1. The van der Waals surface area contributed by atoms with Crippen molar-refractivity contribution in [2.45, 2.75) is 6.42 Å². The van der Waals surface area contributed by atoms with E-state index in [1.807, 2.05) is 0 Å². The largest absolute Gasteiger partial charge is 0.497 e. The molecule has 0 fully saturated rings. The van der Waals surface area contributed by atoms with Crippen LogP contribution in [-0.4, -0.2) is 29.5 Å². The molecule has 0 bridgehead atoms. The zero-order chi connectivity index (χ0) is 13.7. The number of H-pyrrole nitrogens is 1. The van der Waals surface area contributed by atoms with E-state index in [0.717, 1.165) is 5.69 Å². The molecule has 1 amide bonds. The predicted octanol–water partition coefficient (Wildman–Crippen LogP) is 1.53. The molecule has 100 valence electrons. The summed E-state index contributed by atoms with van der Waals surface area (Å²) in [6.45, 7) is 0.409. The van der Waals surface area contributed by atoms with Gasteiger partial charge in [-0.15, -0.1) is 0 Å². The zero-order valence-electron chi connectivity index (χ0n) is 10.4. The van der Waals surface area contributed by atoms with Gasteiger partial charge in [-0.1, -0.05) is 0 Å². The fourth-order valence-electron chi connectivity index (χ4n) is 1.63. The molecule has 2 rings (SSSR count). The maximum Gasteiger partial charge on any atom is 0.254 e. The van der Waals surface area contributed by atoms with Gasteiger partial charge in [-0.25, -0.2) is 9.37 Å². The average molecular weight is 263 g/mol. The van der Waals surface area contributed by atoms with Crippen LogP contribution in [0.25, 0.3) is 0 Å². The van der Waals surface area contributed by atoms with Gasteiger partial charge in [-0.05, 0) is 12.1 Å². The number of ether oxygens (including phenoxy) is 1. The van der Waals surface area contributed by atoms with E-state index >= 15 is 0 Å². The summed E-state index contributed by atoms with van der Waals surface area (Å²) < 4.78 is 18.5. The van der Waals surface area contributed by atoms with Crippen LogP contribution in [0.4, 0.5) is 4.39 Å². The normalized spacial score (nSPS) is 10.2. The Kier molecular flexibility index (Phi) is 4.12. The fraction of sp³-hybridized carbons (Fsp3) is 0.231. The van der Waals surface area contributed by atoms with Gasteiger partial charge < -0.3 is 15.0 Å². The van der Waals surface area contributed by atoms with Gasteiger partial charge >= 0.3 is 0 Å². The monoisotopic (exact) mass is 263 g/mol. The molecule has 2 aromatic rings. The Labute approximate surface area is 109 Å². The van der Waals surface area contributed by atoms with Crippen molar-refractivity contribution in [2.75, 3.05) is 13.7 Å². The van der Waals surface area contributed by atoms with E-state index in [-0.39, 0.29) is 5.56 Å². The van der Waals surface area contributed by atoms with Crippen LogP contribution in [0.15, 0.2) is 30.7 Å². The molecule has 0 saturated carbocycles. The van der Waals surface area contributed by atoms with Crippen LogP contribution in [0.1, 0.15) is 16.1 Å². The second-order valence-electron chi connectivity index (χ2n) is 3.93. The third kappa shape index (κ3) is 3.31. The second kappa shape index (κ2) is 5.99. The Balaban J connectivity index is 1.92. The molecule has 0 atom stereocenters. The summed E-state index contributed by atoms with van der Waals surface area (Å²) in [4.78, 5) is 18.6. The minimum Gasteiger partial charge on any atom is -0.497 e. The van der Waals surface area contributed by atoms with Gasteiger partial charge in [0, 0.05) is 30.9 Å². The number of methoxy groups -OCH3 is 1. The van der Waals surface area contributed by atoms with Crippen LogP contribution in [0.3, 0.4) is 0 Å². The molecule has 6 heteroatoms. The van der Waals surface area contributed by atoms with Crippen LogP contribution >= 0.6 is 0 Å². The number of aromatic amines is 1. The third-order valence-corrected chi connectivity index (χ3v) is 2.66. The minimum absolute atomic E-state index is 0.00501. The molecule has 0 aliphatic carbocycles. The summed E-state index contributed by atoms with van der Waals surface area (Å²) in [6, 6.07) is 4.14. The van der Waals surface area contributed by atoms with Crippen molar-refractivity contribution in [3.63, 3.8) is 0 Å². The van der Waals surface area contributed by atoms with Crippen LogP contribution in [0, 0.1) is 5.82 Å². The van der Waals surface area contributed by atoms with Gasteiger partial charge in [0.15, 0.2) is 0 Å². The summed E-state index contributed by atoms with van der Waals surface area (Å²) >= 11 is 0. The van der Waals surface area contributed by atoms with Crippen molar-refractivity contribution in [1.29, 1.82) is 0 Å². The van der Waals surface area contributed by atoms with E-state index < -0.39 is 11.7 Å². The van der Waals surface area contributed by atoms with E-state index in [9.17, 15) is 9.18 Å². The van der Waals surface area contributed by atoms with Gasteiger partial charge in [0.1, 0.15) is 11.6 Å². The summed E-state index contributed by atoms with van der Waals surface area (Å²) in [5.41, 5.74) is 0.918. The molecule has 0 radical (unpaired) electrons. The molecule has 0 aliphatic rings. The van der Waals surface area contributed by atoms with Crippen molar-refractivity contribution in [3.8, 4) is 5.75 Å². The maximum absolute atomic E-state index is 13.6. The first-order chi connectivity index (χ1) is 9.20. The fourth-order valence-corrected chi connectivity index (χ4v) is 1.63. The number of imidazole rings is 1. The van der Waals surface area contributed by atoms with Crippen molar-refractivity contribution in [1.82, 2.24) is 15.3 Å². The predicted molar refractivity (Wildman–Crippen MR) is 67.6 cm³/mol. The van der Waals surface area contributed by atoms with Crippen LogP contribution in [-0.2, 0) is 6.42 Å². The minimum atomic E-state index is -0.599. The number of benzene rings is 1. The van der Waals surface area contributed by atoms with Crippen molar-refractivity contribution < 1.29 is 13.9 Å². The Morgan fingerprint density at radius 1 is 1.53 bits per heavy atom. The molecule has 1 aromatic carbocycles. The molecule has 1 aromatic heterocycles. The highest BCUT2D eigenvalue weighted by Gasteiger charge is 2.12. The summed E-state index contributed by atoms with van der Waals surface area (Å²) in [6.07, 6.45) is 3.87. The topological polar surface area (TPSA) is 67.0 Å². The lowest BCUT2D eigenvalue weighted by Gasteiger charge is -2.06. The zero-order valence-corrected chi connectivity index (χ0v) is 10.4. The summed E-state index contributed by atoms with van der Waals surface area (Å²) in [7, 11) is 1.44. The van der Waals surface area contributed by atoms with Gasteiger partial charge in [0.2, 0.25) is 0 Å². The average Bonchev–Trinajstić information content (AvgIpc) is 2.91. The van der Waals surface area contributed by atoms with Crippen LogP contribution < -0.4 is 10.1 Å². The highest BCUT2D eigenvalue weighted by molar-refractivity contribution is 5.94. The van der Waals surface area contributed by atoms with Gasteiger partial charge in [0.25, 0.3) is 5.91 Å². The molecule has 0 unspecified atom stereocenters. The number of carbonyl (C=O) groups is 1. The standard InChI is InChI=1S/C13H14FN3O2/c1-19-10-2-3-11(12(14)6-10)13(18)16-5-4-9-7-15-8-17-9/h2-3,6-8H,4-5H2,1H3,(H,15,17)(H,16,18). The van der Waals surface area contributed by atoms with E-state index in [4.69, 9.17) is 4.74 Å². The number of hydrogen-bond acceptors (Lipinski definition) is 3. The molecule has 19 heavy (non-hydrogen) atoms. The Morgan fingerprint density at radius 2 is 2.37 bits per heavy atom. The Bertz CT molecular complexity index is 555. The Morgan fingerprint density at radius 3 is 3.00 bits per heavy atom. The van der Waals surface area contributed by atoms with E-state index in [0.29, 0.717) is 18.7 Å². The van der Waals surface area contributed by atoms with Gasteiger partial charge in [0.05, 0.1) is 19.0 Å². The lowest BCUT2D eigenvalue weighted by molar-refractivity contribution is 0.0950. The molecule has 5 nitrogen and oxygen atoms in total. The third-order valence-electron chi connectivity index (χ3n) is 2.66. The first-order valence-electron chi connectivity index (χ1n) is 5.79. The number of rotatable bonds is 5. The van der Waals surface area contributed by atoms with Crippen molar-refractivity contribution in [3.05, 3.63) is 47.8 Å². The first kappa shape index (κ1) is 13.1. The van der Waals surface area contributed by atoms with Crippen molar-refractivity contribution in [2.24, 2.45) is 0 Å². The molecular weight excluding hydrogens is 249 g/mol. The quantitative estimate of drug-likeness (QED) is 0.859. The summed E-state index contributed by atoms with van der Waals surface area (Å²) in [5, 5.41) is 2.65. The maximum atomic E-state index is 13.6. The number of aromatic nitrogens is 2. The van der Waals surface area contributed by atoms with Gasteiger partial charge in [-0.3, -0.25) is 4.79 Å². The first-order valence-corrected chi connectivity index (χ1v) is 5.79. The number of halogens is 1. The van der Waals surface area contributed by atoms with E-state index in [1.54, 1.807) is 18.6 Å². The number of hydrogen-bond donors (Lipinski definition) is 2. The lowest BCUT2D eigenvalue weighted by Crippen LogP contribution is -2.26. The second-order valence-corrected chi connectivity index (χ2v) is 3.93. The smallest absolute Gasteiger partial charge is 0.254 e. The molecule has 0 saturated heterocycles. The number of amides is 1. The number of nitrogens with one attached hydrogen (secondary N) is 2. The van der Waals surface area contributed by atoms with Crippen molar-refractivity contribution >= 4 is 5.91 Å². The molecule has 2 N–H and O–H groups in total. The van der Waals surface area contributed by atoms with E-state index in [1.165, 1.54) is 19.2 Å². The number of nitrogens with zero attached hydrogens (tertiary/aromatic N) is 1. The molecule has 0 aliphatic heterocycles. The molecular formula is C13H14FN3O2. The number of carbonyl (C=O) groups excluding carboxylic acids is 1. The van der Waals surface area contributed by atoms with Crippen LogP contribution in [0.5, 0.6) is 5.75 Å². The van der Waals surface area contributed by atoms with Gasteiger partial charge in [-0.2, -0.15) is 0 Å². The lowest BCUT2D eigenvalue weighted by atomic mass is 10.2. The van der Waals surface area contributed by atoms with Crippen LogP contribution in [0.2, 0.25) is 0 Å².